The lowest BCUT2D eigenvalue weighted by atomic mass is 10.00. The third-order valence-electron chi connectivity index (χ3n) is 5.32. The van der Waals surface area contributed by atoms with E-state index in [2.05, 4.69) is 92.5 Å². The van der Waals surface area contributed by atoms with Crippen LogP contribution in [0.3, 0.4) is 0 Å². The molecule has 1 fully saturated rings. The van der Waals surface area contributed by atoms with Gasteiger partial charge in [-0.1, -0.05) is 60.7 Å². The van der Waals surface area contributed by atoms with Gasteiger partial charge in [-0.05, 0) is 51.5 Å². The van der Waals surface area contributed by atoms with E-state index in [1.165, 1.54) is 16.7 Å². The normalized spacial score (nSPS) is 15.8. The molecule has 4 rings (SSSR count). The van der Waals surface area contributed by atoms with Gasteiger partial charge in [0.15, 0.2) is 0 Å². The minimum Gasteiger partial charge on any atom is -0.365 e. The van der Waals surface area contributed by atoms with E-state index < -0.39 is 0 Å². The van der Waals surface area contributed by atoms with E-state index in [1.54, 1.807) is 0 Å². The molecule has 1 saturated heterocycles. The van der Waals surface area contributed by atoms with Crippen LogP contribution < -0.4 is 0 Å². The summed E-state index contributed by atoms with van der Waals surface area (Å²) in [4.78, 5) is 6.65. The molecule has 3 aromatic rings. The summed E-state index contributed by atoms with van der Waals surface area (Å²) in [5.74, 6) is 0. The summed E-state index contributed by atoms with van der Waals surface area (Å²) in [6.07, 6.45) is 6.11. The Labute approximate surface area is 175 Å². The van der Waals surface area contributed by atoms with Crippen molar-refractivity contribution in [2.24, 2.45) is 0 Å². The van der Waals surface area contributed by atoms with E-state index in [4.69, 9.17) is 4.74 Å². The van der Waals surface area contributed by atoms with E-state index in [0.717, 1.165) is 36.9 Å². The Balaban J connectivity index is 1.40. The fourth-order valence-electron chi connectivity index (χ4n) is 3.77. The number of nitrogens with zero attached hydrogens (tertiary/aromatic N) is 2. The second-order valence-corrected chi connectivity index (χ2v) is 8.13. The minimum absolute atomic E-state index is 0.00621. The second-order valence-electron chi connectivity index (χ2n) is 7.28. The minimum atomic E-state index is -0.00621. The molecule has 0 unspecified atom stereocenters. The second kappa shape index (κ2) is 9.46. The van der Waals surface area contributed by atoms with Crippen LogP contribution in [0.2, 0.25) is 0 Å². The number of ether oxygens (including phenoxy) is 1. The SMILES string of the molecule is Brc1cnccc1CN1CCC(OC(c2ccccc2)c2ccccc2)CC1. The molecule has 1 aliphatic heterocycles. The van der Waals surface area contributed by atoms with Crippen molar-refractivity contribution < 1.29 is 4.74 Å². The first-order valence-corrected chi connectivity index (χ1v) is 10.6. The summed E-state index contributed by atoms with van der Waals surface area (Å²) in [7, 11) is 0. The third kappa shape index (κ3) is 4.88. The van der Waals surface area contributed by atoms with Crippen LogP contribution in [0, 0.1) is 0 Å². The number of hydrogen-bond donors (Lipinski definition) is 0. The Kier molecular flexibility index (Phi) is 6.53. The number of likely N-dealkylation sites (tertiary alicyclic amines) is 1. The molecule has 28 heavy (non-hydrogen) atoms. The predicted molar refractivity (Wildman–Crippen MR) is 116 cm³/mol. The fraction of sp³-hybridized carbons (Fsp3) is 0.292. The number of benzene rings is 2. The van der Waals surface area contributed by atoms with E-state index in [-0.39, 0.29) is 12.2 Å². The van der Waals surface area contributed by atoms with Crippen LogP contribution in [-0.2, 0) is 11.3 Å². The van der Waals surface area contributed by atoms with Crippen molar-refractivity contribution in [2.45, 2.75) is 31.6 Å². The van der Waals surface area contributed by atoms with Crippen molar-refractivity contribution in [3.63, 3.8) is 0 Å². The Hall–Kier alpha value is -2.01. The van der Waals surface area contributed by atoms with Gasteiger partial charge in [0.25, 0.3) is 0 Å². The van der Waals surface area contributed by atoms with Gasteiger partial charge in [-0.3, -0.25) is 9.88 Å². The topological polar surface area (TPSA) is 25.4 Å². The van der Waals surface area contributed by atoms with Crippen LogP contribution in [0.4, 0.5) is 0 Å². The van der Waals surface area contributed by atoms with Crippen LogP contribution in [0.1, 0.15) is 35.6 Å². The summed E-state index contributed by atoms with van der Waals surface area (Å²) in [5, 5.41) is 0. The maximum Gasteiger partial charge on any atom is 0.108 e. The van der Waals surface area contributed by atoms with Gasteiger partial charge in [0.2, 0.25) is 0 Å². The molecule has 2 aromatic carbocycles. The first kappa shape index (κ1) is 19.3. The highest BCUT2D eigenvalue weighted by Gasteiger charge is 2.25. The van der Waals surface area contributed by atoms with Crippen molar-refractivity contribution in [3.8, 4) is 0 Å². The first-order chi connectivity index (χ1) is 13.8. The summed E-state index contributed by atoms with van der Waals surface area (Å²) >= 11 is 3.61. The zero-order chi connectivity index (χ0) is 19.2. The maximum absolute atomic E-state index is 6.64. The lowest BCUT2D eigenvalue weighted by Crippen LogP contribution is -2.37. The molecule has 1 aromatic heterocycles. The summed E-state index contributed by atoms with van der Waals surface area (Å²) in [6.45, 7) is 3.06. The zero-order valence-corrected chi connectivity index (χ0v) is 17.5. The maximum atomic E-state index is 6.64. The molecule has 3 nitrogen and oxygen atoms in total. The Morgan fingerprint density at radius 3 is 2.11 bits per heavy atom. The molecule has 0 amide bonds. The van der Waals surface area contributed by atoms with Gasteiger partial charge >= 0.3 is 0 Å². The van der Waals surface area contributed by atoms with Gasteiger partial charge in [-0.25, -0.2) is 0 Å². The van der Waals surface area contributed by atoms with Crippen LogP contribution >= 0.6 is 15.9 Å². The van der Waals surface area contributed by atoms with Gasteiger partial charge in [0, 0.05) is 36.5 Å². The molecule has 0 bridgehead atoms. The predicted octanol–water partition coefficient (Wildman–Crippen LogP) is 5.61. The quantitative estimate of drug-likeness (QED) is 0.501. The molecule has 144 valence electrons. The van der Waals surface area contributed by atoms with Crippen LogP contribution in [0.25, 0.3) is 0 Å². The van der Waals surface area contributed by atoms with Crippen molar-refractivity contribution in [2.75, 3.05) is 13.1 Å². The summed E-state index contributed by atoms with van der Waals surface area (Å²) in [5.41, 5.74) is 3.73. The van der Waals surface area contributed by atoms with E-state index in [0.29, 0.717) is 0 Å². The van der Waals surface area contributed by atoms with Gasteiger partial charge in [0.05, 0.1) is 6.10 Å². The Morgan fingerprint density at radius 1 is 0.929 bits per heavy atom. The van der Waals surface area contributed by atoms with Crippen molar-refractivity contribution in [3.05, 3.63) is 100 Å². The third-order valence-corrected chi connectivity index (χ3v) is 6.03. The Bertz CT molecular complexity index is 825. The molecule has 0 saturated carbocycles. The van der Waals surface area contributed by atoms with Gasteiger partial charge in [-0.2, -0.15) is 0 Å². The average Bonchev–Trinajstić information content (AvgIpc) is 2.76. The Morgan fingerprint density at radius 2 is 1.54 bits per heavy atom. The van der Waals surface area contributed by atoms with Crippen LogP contribution in [0.15, 0.2) is 83.6 Å². The number of hydrogen-bond acceptors (Lipinski definition) is 3. The smallest absolute Gasteiger partial charge is 0.108 e. The molecule has 0 spiro atoms. The summed E-state index contributed by atoms with van der Waals surface area (Å²) < 4.78 is 7.72. The molecule has 0 atom stereocenters. The van der Waals surface area contributed by atoms with E-state index in [1.807, 2.05) is 12.4 Å². The number of aromatic nitrogens is 1. The van der Waals surface area contributed by atoms with E-state index in [9.17, 15) is 0 Å². The summed E-state index contributed by atoms with van der Waals surface area (Å²) in [6, 6.07) is 23.2. The lowest BCUT2D eigenvalue weighted by molar-refractivity contribution is -0.0281. The molecule has 2 heterocycles. The van der Waals surface area contributed by atoms with Gasteiger partial charge < -0.3 is 4.74 Å². The van der Waals surface area contributed by atoms with Gasteiger partial charge in [0.1, 0.15) is 6.10 Å². The standard InChI is InChI=1S/C24H25BrN2O/c25-23-17-26-14-11-21(23)18-27-15-12-22(13-16-27)28-24(19-7-3-1-4-8-19)20-9-5-2-6-10-20/h1-11,14,17,22,24H,12-13,15-16,18H2. The number of rotatable bonds is 6. The average molecular weight is 437 g/mol. The molecular formula is C24H25BrN2O. The largest absolute Gasteiger partial charge is 0.365 e. The van der Waals surface area contributed by atoms with Crippen LogP contribution in [-0.4, -0.2) is 29.1 Å². The van der Waals surface area contributed by atoms with Gasteiger partial charge in [-0.15, -0.1) is 0 Å². The van der Waals surface area contributed by atoms with Crippen molar-refractivity contribution in [1.82, 2.24) is 9.88 Å². The highest BCUT2D eigenvalue weighted by Crippen LogP contribution is 2.30. The molecular weight excluding hydrogens is 412 g/mol. The number of pyridine rings is 1. The monoisotopic (exact) mass is 436 g/mol. The number of piperidine rings is 1. The molecule has 0 radical (unpaired) electrons. The molecule has 4 heteroatoms. The zero-order valence-electron chi connectivity index (χ0n) is 15.9. The number of halogens is 1. The molecule has 0 N–H and O–H groups in total. The molecule has 0 aliphatic carbocycles. The molecule has 1 aliphatic rings. The van der Waals surface area contributed by atoms with Crippen molar-refractivity contribution in [1.29, 1.82) is 0 Å². The first-order valence-electron chi connectivity index (χ1n) is 9.85. The van der Waals surface area contributed by atoms with E-state index >= 15 is 0 Å². The lowest BCUT2D eigenvalue weighted by Gasteiger charge is -2.34. The highest BCUT2D eigenvalue weighted by molar-refractivity contribution is 9.10. The van der Waals surface area contributed by atoms with Crippen LogP contribution in [0.5, 0.6) is 0 Å². The van der Waals surface area contributed by atoms with Crippen molar-refractivity contribution >= 4 is 15.9 Å². The highest BCUT2D eigenvalue weighted by atomic mass is 79.9. The fourth-order valence-corrected chi connectivity index (χ4v) is 4.15.